The van der Waals surface area contributed by atoms with E-state index in [1.165, 1.54) is 6.42 Å². The molecule has 1 aliphatic carbocycles. The first-order chi connectivity index (χ1) is 8.05. The van der Waals surface area contributed by atoms with E-state index in [9.17, 15) is 0 Å². The van der Waals surface area contributed by atoms with Gasteiger partial charge in [0.05, 0.1) is 0 Å². The average molecular weight is 246 g/mol. The summed E-state index contributed by atoms with van der Waals surface area (Å²) in [5.74, 6) is 0.636. The van der Waals surface area contributed by atoms with Crippen molar-refractivity contribution in [3.8, 4) is 0 Å². The van der Waals surface area contributed by atoms with E-state index in [4.69, 9.17) is 0 Å². The van der Waals surface area contributed by atoms with E-state index >= 15 is 0 Å². The zero-order valence-corrected chi connectivity index (χ0v) is 13.2. The van der Waals surface area contributed by atoms with Crippen LogP contribution in [0.4, 0.5) is 0 Å². The molecule has 0 saturated carbocycles. The van der Waals surface area contributed by atoms with E-state index in [-0.39, 0.29) is 5.41 Å². The van der Waals surface area contributed by atoms with Gasteiger partial charge in [-0.15, -0.1) is 0 Å². The Labute approximate surface area is 114 Å². The van der Waals surface area contributed by atoms with Gasteiger partial charge in [0.2, 0.25) is 0 Å². The third kappa shape index (κ3) is 4.15. The molecule has 1 aliphatic rings. The highest BCUT2D eigenvalue weighted by atomic mass is 14.4. The molecule has 0 heterocycles. The predicted octanol–water partition coefficient (Wildman–Crippen LogP) is 5.77. The molecular weight excluding hydrogens is 216 g/mol. The van der Waals surface area contributed by atoms with Crippen LogP contribution in [0.2, 0.25) is 0 Å². The van der Waals surface area contributed by atoms with E-state index in [2.05, 4.69) is 84.9 Å². The third-order valence-electron chi connectivity index (χ3n) is 3.86. The van der Waals surface area contributed by atoms with Gasteiger partial charge >= 0.3 is 0 Å². The number of rotatable bonds is 2. The fourth-order valence-corrected chi connectivity index (χ4v) is 3.01. The lowest BCUT2D eigenvalue weighted by molar-refractivity contribution is 0.0936. The van der Waals surface area contributed by atoms with Gasteiger partial charge in [0, 0.05) is 5.41 Å². The molecule has 0 radical (unpaired) electrons. The summed E-state index contributed by atoms with van der Waals surface area (Å²) in [7, 11) is 0. The van der Waals surface area contributed by atoms with Crippen LogP contribution in [0.5, 0.6) is 0 Å². The summed E-state index contributed by atoms with van der Waals surface area (Å²) < 4.78 is 0. The molecule has 0 aromatic heterocycles. The molecule has 0 nitrogen and oxygen atoms in total. The summed E-state index contributed by atoms with van der Waals surface area (Å²) in [4.78, 5) is 0. The van der Waals surface area contributed by atoms with Crippen LogP contribution < -0.4 is 0 Å². The molecule has 18 heavy (non-hydrogen) atoms. The van der Waals surface area contributed by atoms with Crippen molar-refractivity contribution in [2.75, 3.05) is 0 Å². The summed E-state index contributed by atoms with van der Waals surface area (Å²) in [6.07, 6.45) is 14.6. The Morgan fingerprint density at radius 3 is 1.61 bits per heavy atom. The Balaban J connectivity index is 3.11. The van der Waals surface area contributed by atoms with E-state index in [0.29, 0.717) is 16.7 Å². The molecule has 0 aromatic carbocycles. The Bertz CT molecular complexity index is 336. The van der Waals surface area contributed by atoms with Gasteiger partial charge in [0.25, 0.3) is 0 Å². The van der Waals surface area contributed by atoms with E-state index < -0.39 is 0 Å². The Morgan fingerprint density at radius 1 is 0.833 bits per heavy atom. The van der Waals surface area contributed by atoms with Crippen LogP contribution in [-0.4, -0.2) is 0 Å². The molecule has 1 unspecified atom stereocenters. The number of hydrogen-bond donors (Lipinski definition) is 0. The normalized spacial score (nSPS) is 20.8. The monoisotopic (exact) mass is 246 g/mol. The first kappa shape index (κ1) is 15.3. The number of allylic oxidation sites excluding steroid dienone is 6. The fraction of sp³-hybridized carbons (Fsp3) is 0.667. The first-order valence-electron chi connectivity index (χ1n) is 7.08. The molecule has 0 saturated heterocycles. The van der Waals surface area contributed by atoms with Gasteiger partial charge in [-0.25, -0.2) is 0 Å². The maximum absolute atomic E-state index is 2.37. The third-order valence-corrected chi connectivity index (χ3v) is 3.86. The van der Waals surface area contributed by atoms with Crippen LogP contribution in [0, 0.1) is 22.2 Å². The van der Waals surface area contributed by atoms with Crippen molar-refractivity contribution >= 4 is 0 Å². The molecule has 0 aromatic rings. The van der Waals surface area contributed by atoms with Crippen LogP contribution in [0.3, 0.4) is 0 Å². The summed E-state index contributed by atoms with van der Waals surface area (Å²) >= 11 is 0. The lowest BCUT2D eigenvalue weighted by Gasteiger charge is -2.45. The molecule has 0 bridgehead atoms. The highest BCUT2D eigenvalue weighted by Gasteiger charge is 2.40. The fourth-order valence-electron chi connectivity index (χ4n) is 3.01. The van der Waals surface area contributed by atoms with Crippen molar-refractivity contribution in [3.05, 3.63) is 36.5 Å². The maximum Gasteiger partial charge on any atom is 0.00722 e. The second-order valence-corrected chi connectivity index (χ2v) is 8.15. The summed E-state index contributed by atoms with van der Waals surface area (Å²) in [6, 6.07) is 0. The van der Waals surface area contributed by atoms with Gasteiger partial charge in [-0.3, -0.25) is 0 Å². The molecule has 102 valence electrons. The van der Waals surface area contributed by atoms with Crippen molar-refractivity contribution in [2.24, 2.45) is 22.2 Å². The van der Waals surface area contributed by atoms with E-state index in [0.717, 1.165) is 0 Å². The van der Waals surface area contributed by atoms with E-state index in [1.807, 2.05) is 0 Å². The van der Waals surface area contributed by atoms with Crippen molar-refractivity contribution in [3.63, 3.8) is 0 Å². The minimum absolute atomic E-state index is 0.148. The highest BCUT2D eigenvalue weighted by Crippen LogP contribution is 2.48. The van der Waals surface area contributed by atoms with Crippen LogP contribution in [0.25, 0.3) is 0 Å². The predicted molar refractivity (Wildman–Crippen MR) is 82.5 cm³/mol. The molecule has 0 heteroatoms. The van der Waals surface area contributed by atoms with Gasteiger partial charge in [0.15, 0.2) is 0 Å². The molecule has 0 amide bonds. The van der Waals surface area contributed by atoms with E-state index in [1.54, 1.807) is 0 Å². The largest absolute Gasteiger partial charge is 0.0745 e. The minimum atomic E-state index is 0.148. The first-order valence-corrected chi connectivity index (χ1v) is 7.08. The van der Waals surface area contributed by atoms with Crippen molar-refractivity contribution < 1.29 is 0 Å². The molecule has 0 aliphatic heterocycles. The zero-order chi connectivity index (χ0) is 14.0. The molecule has 1 atom stereocenters. The lowest BCUT2D eigenvalue weighted by Crippen LogP contribution is -2.37. The highest BCUT2D eigenvalue weighted by molar-refractivity contribution is 5.25. The second kappa shape index (κ2) is 5.07. The van der Waals surface area contributed by atoms with Gasteiger partial charge in [-0.1, -0.05) is 84.9 Å². The Kier molecular flexibility index (Phi) is 4.30. The van der Waals surface area contributed by atoms with Crippen molar-refractivity contribution in [1.29, 1.82) is 0 Å². The Hall–Kier alpha value is -0.780. The van der Waals surface area contributed by atoms with Gasteiger partial charge in [0.1, 0.15) is 0 Å². The molecule has 0 spiro atoms. The van der Waals surface area contributed by atoms with Crippen LogP contribution >= 0.6 is 0 Å². The van der Waals surface area contributed by atoms with Gasteiger partial charge in [-0.2, -0.15) is 0 Å². The molecule has 0 fully saturated rings. The Morgan fingerprint density at radius 2 is 1.28 bits per heavy atom. The molecular formula is C18H30. The van der Waals surface area contributed by atoms with Gasteiger partial charge < -0.3 is 0 Å². The maximum atomic E-state index is 2.37. The average Bonchev–Trinajstić information content (AvgIpc) is 2.37. The summed E-state index contributed by atoms with van der Waals surface area (Å²) in [5.41, 5.74) is 0.818. The van der Waals surface area contributed by atoms with Gasteiger partial charge in [-0.05, 0) is 23.2 Å². The molecule has 1 rings (SSSR count). The van der Waals surface area contributed by atoms with Crippen LogP contribution in [-0.2, 0) is 0 Å². The standard InChI is InChI=1S/C18H30/c1-16(2,3)14-15(17(4,5)6)18(7)12-10-8-9-11-13-18/h8-13,15H,14H2,1-7H3. The SMILES string of the molecule is CC(C)(C)CC(C(C)(C)C)C1(C)C=CC=CC=C1. The minimum Gasteiger partial charge on any atom is -0.0745 e. The van der Waals surface area contributed by atoms with Crippen molar-refractivity contribution in [1.82, 2.24) is 0 Å². The smallest absolute Gasteiger partial charge is 0.00722 e. The lowest BCUT2D eigenvalue weighted by atomic mass is 9.60. The zero-order valence-electron chi connectivity index (χ0n) is 13.2. The second-order valence-electron chi connectivity index (χ2n) is 8.15. The summed E-state index contributed by atoms with van der Waals surface area (Å²) in [5, 5.41) is 0. The van der Waals surface area contributed by atoms with Crippen LogP contribution in [0.1, 0.15) is 54.9 Å². The quantitative estimate of drug-likeness (QED) is 0.580. The summed E-state index contributed by atoms with van der Waals surface area (Å²) in [6.45, 7) is 16.5. The topological polar surface area (TPSA) is 0 Å². The molecule has 0 N–H and O–H groups in total. The number of hydrogen-bond acceptors (Lipinski definition) is 0. The van der Waals surface area contributed by atoms with Crippen LogP contribution in [0.15, 0.2) is 36.5 Å². The van der Waals surface area contributed by atoms with Crippen molar-refractivity contribution in [2.45, 2.75) is 54.9 Å².